The number of alkyl halides is 6. The van der Waals surface area contributed by atoms with Crippen LogP contribution in [0.2, 0.25) is 0 Å². The van der Waals surface area contributed by atoms with E-state index in [2.05, 4.69) is 0 Å². The van der Waals surface area contributed by atoms with E-state index < -0.39 is 23.5 Å². The van der Waals surface area contributed by atoms with Gasteiger partial charge in [-0.3, -0.25) is 0 Å². The molecule has 1 unspecified atom stereocenters. The number of nitrogens with two attached hydrogens (primary N) is 1. The van der Waals surface area contributed by atoms with Crippen LogP contribution in [0.5, 0.6) is 0 Å². The lowest BCUT2D eigenvalue weighted by Gasteiger charge is -2.36. The molecule has 1 aliphatic rings. The third kappa shape index (κ3) is 5.13. The molecule has 0 saturated carbocycles. The van der Waals surface area contributed by atoms with Crippen LogP contribution < -0.4 is 5.73 Å². The average Bonchev–Trinajstić information content (AvgIpc) is 2.87. The van der Waals surface area contributed by atoms with Gasteiger partial charge in [-0.25, -0.2) is 0 Å². The molecule has 0 amide bonds. The van der Waals surface area contributed by atoms with Crippen molar-refractivity contribution >= 4 is 0 Å². The van der Waals surface area contributed by atoms with Crippen molar-refractivity contribution in [1.82, 2.24) is 0 Å². The number of halogens is 6. The molecule has 0 aliphatic carbocycles. The quantitative estimate of drug-likeness (QED) is 0.580. The first kappa shape index (κ1) is 21.0. The van der Waals surface area contributed by atoms with E-state index in [1.807, 2.05) is 13.8 Å². The smallest absolute Gasteiger partial charge is 0.330 e. The number of rotatable bonds is 5. The van der Waals surface area contributed by atoms with Crippen molar-refractivity contribution in [2.75, 3.05) is 26.2 Å². The van der Waals surface area contributed by atoms with E-state index in [0.29, 0.717) is 24.1 Å². The Morgan fingerprint density at radius 3 is 1.96 bits per heavy atom. The van der Waals surface area contributed by atoms with E-state index >= 15 is 0 Å². The lowest BCUT2D eigenvalue weighted by Crippen LogP contribution is -2.48. The summed E-state index contributed by atoms with van der Waals surface area (Å²) in [5.74, 6) is 0.529. The first-order chi connectivity index (χ1) is 11.8. The van der Waals surface area contributed by atoms with Crippen molar-refractivity contribution in [2.45, 2.75) is 39.2 Å². The number of benzene rings is 1. The maximum atomic E-state index is 13.1. The molecule has 1 aromatic rings. The highest BCUT2D eigenvalue weighted by atomic mass is 19.4. The highest BCUT2D eigenvalue weighted by Crippen LogP contribution is 2.38. The standard InChI is InChI=1S/C18H25F6N2/c1-12(2)9-26(4-3-13(8-25)10-26)11-14-5-15(17(19,20)21)7-16(6-14)18(22,23)24/h5-7,12-13H,3-4,8-11,25H2,1-2H3/q+1/t13-,26?/m0/s1. The van der Waals surface area contributed by atoms with Crippen molar-refractivity contribution in [3.8, 4) is 0 Å². The molecule has 0 spiro atoms. The summed E-state index contributed by atoms with van der Waals surface area (Å²) >= 11 is 0. The maximum Gasteiger partial charge on any atom is 0.416 e. The largest absolute Gasteiger partial charge is 0.416 e. The zero-order valence-corrected chi connectivity index (χ0v) is 14.9. The fourth-order valence-corrected chi connectivity index (χ4v) is 4.03. The van der Waals surface area contributed by atoms with Gasteiger partial charge in [-0.05, 0) is 18.2 Å². The molecule has 1 aromatic carbocycles. The molecule has 1 saturated heterocycles. The van der Waals surface area contributed by atoms with E-state index in [1.54, 1.807) is 0 Å². The van der Waals surface area contributed by atoms with Gasteiger partial charge in [-0.15, -0.1) is 0 Å². The third-order valence-corrected chi connectivity index (χ3v) is 4.91. The summed E-state index contributed by atoms with van der Waals surface area (Å²) in [7, 11) is 0. The SMILES string of the molecule is CC(C)C[N+]1(Cc2cc(C(F)(F)F)cc(C(F)(F)F)c2)CC[C@@H](CN)C1. The molecular formula is C18H25F6N2+. The molecule has 26 heavy (non-hydrogen) atoms. The molecular weight excluding hydrogens is 358 g/mol. The zero-order valence-electron chi connectivity index (χ0n) is 14.9. The van der Waals surface area contributed by atoms with Crippen LogP contribution >= 0.6 is 0 Å². The van der Waals surface area contributed by atoms with Gasteiger partial charge in [-0.1, -0.05) is 13.8 Å². The monoisotopic (exact) mass is 383 g/mol. The van der Waals surface area contributed by atoms with Gasteiger partial charge >= 0.3 is 12.4 Å². The Morgan fingerprint density at radius 2 is 1.58 bits per heavy atom. The van der Waals surface area contributed by atoms with Gasteiger partial charge in [0.25, 0.3) is 0 Å². The van der Waals surface area contributed by atoms with Crippen LogP contribution in [-0.2, 0) is 18.9 Å². The Balaban J connectivity index is 2.42. The van der Waals surface area contributed by atoms with E-state index in [1.165, 1.54) is 0 Å². The van der Waals surface area contributed by atoms with Gasteiger partial charge in [-0.2, -0.15) is 26.3 Å². The van der Waals surface area contributed by atoms with Crippen molar-refractivity contribution < 1.29 is 30.8 Å². The minimum atomic E-state index is -4.82. The van der Waals surface area contributed by atoms with Crippen LogP contribution in [0.25, 0.3) is 0 Å². The second-order valence-electron chi connectivity index (χ2n) is 7.79. The Bertz CT molecular complexity index is 591. The predicted molar refractivity (Wildman–Crippen MR) is 87.0 cm³/mol. The molecule has 1 heterocycles. The topological polar surface area (TPSA) is 26.0 Å². The van der Waals surface area contributed by atoms with Crippen LogP contribution in [0.3, 0.4) is 0 Å². The number of nitrogens with zero attached hydrogens (tertiary/aromatic N) is 1. The summed E-state index contributed by atoms with van der Waals surface area (Å²) in [5, 5.41) is 0. The Kier molecular flexibility index (Phi) is 5.97. The van der Waals surface area contributed by atoms with E-state index in [0.717, 1.165) is 25.1 Å². The fourth-order valence-electron chi connectivity index (χ4n) is 4.03. The van der Waals surface area contributed by atoms with Gasteiger partial charge in [0.15, 0.2) is 0 Å². The molecule has 8 heteroatoms. The second kappa shape index (κ2) is 7.38. The molecule has 2 rings (SSSR count). The van der Waals surface area contributed by atoms with Crippen molar-refractivity contribution in [3.63, 3.8) is 0 Å². The third-order valence-electron chi connectivity index (χ3n) is 4.91. The van der Waals surface area contributed by atoms with Crippen LogP contribution in [0.15, 0.2) is 18.2 Å². The average molecular weight is 383 g/mol. The van der Waals surface area contributed by atoms with Crippen LogP contribution in [0, 0.1) is 11.8 Å². The van der Waals surface area contributed by atoms with Gasteiger partial charge in [0.05, 0.1) is 30.8 Å². The Morgan fingerprint density at radius 1 is 1.04 bits per heavy atom. The fraction of sp³-hybridized carbons (Fsp3) is 0.667. The van der Waals surface area contributed by atoms with Crippen LogP contribution in [0.4, 0.5) is 26.3 Å². The number of likely N-dealkylation sites (tertiary alicyclic amines) is 1. The lowest BCUT2D eigenvalue weighted by molar-refractivity contribution is -0.933. The van der Waals surface area contributed by atoms with Crippen molar-refractivity contribution in [3.05, 3.63) is 34.9 Å². The number of hydrogen-bond donors (Lipinski definition) is 1. The molecule has 0 radical (unpaired) electrons. The molecule has 1 aliphatic heterocycles. The van der Waals surface area contributed by atoms with Gasteiger partial charge in [0, 0.05) is 30.4 Å². The van der Waals surface area contributed by atoms with Crippen LogP contribution in [0.1, 0.15) is 37.0 Å². The van der Waals surface area contributed by atoms with E-state index in [9.17, 15) is 26.3 Å². The summed E-state index contributed by atoms with van der Waals surface area (Å²) in [6.07, 6.45) is -8.79. The summed E-state index contributed by atoms with van der Waals surface area (Å²) in [5.41, 5.74) is 3.31. The Labute approximate surface area is 149 Å². The molecule has 0 aromatic heterocycles. The second-order valence-corrected chi connectivity index (χ2v) is 7.79. The van der Waals surface area contributed by atoms with Gasteiger partial charge < -0.3 is 10.2 Å². The zero-order chi connectivity index (χ0) is 19.8. The molecule has 1 fully saturated rings. The summed E-state index contributed by atoms with van der Waals surface area (Å²) < 4.78 is 79.0. The summed E-state index contributed by atoms with van der Waals surface area (Å²) in [6.45, 7) is 6.75. The van der Waals surface area contributed by atoms with E-state index in [-0.39, 0.29) is 30.0 Å². The van der Waals surface area contributed by atoms with Crippen LogP contribution in [-0.4, -0.2) is 30.7 Å². The maximum absolute atomic E-state index is 13.1. The summed E-state index contributed by atoms with van der Waals surface area (Å²) in [4.78, 5) is 0. The Hall–Kier alpha value is -1.28. The molecule has 148 valence electrons. The molecule has 2 N–H and O–H groups in total. The lowest BCUT2D eigenvalue weighted by atomic mass is 10.0. The highest BCUT2D eigenvalue weighted by Gasteiger charge is 2.41. The van der Waals surface area contributed by atoms with Gasteiger partial charge in [0.1, 0.15) is 6.54 Å². The molecule has 2 nitrogen and oxygen atoms in total. The van der Waals surface area contributed by atoms with Gasteiger partial charge in [0.2, 0.25) is 0 Å². The number of quaternary nitrogens is 1. The number of hydrogen-bond acceptors (Lipinski definition) is 1. The minimum absolute atomic E-state index is 0.0745. The first-order valence-electron chi connectivity index (χ1n) is 8.68. The van der Waals surface area contributed by atoms with E-state index in [4.69, 9.17) is 5.73 Å². The normalized spacial score (nSPS) is 24.5. The first-order valence-corrected chi connectivity index (χ1v) is 8.68. The van der Waals surface area contributed by atoms with Crippen molar-refractivity contribution in [2.24, 2.45) is 17.6 Å². The molecule has 0 bridgehead atoms. The predicted octanol–water partition coefficient (Wildman–Crippen LogP) is 4.68. The highest BCUT2D eigenvalue weighted by molar-refractivity contribution is 5.33. The van der Waals surface area contributed by atoms with Crippen molar-refractivity contribution in [1.29, 1.82) is 0 Å². The molecule has 2 atom stereocenters. The minimum Gasteiger partial charge on any atom is -0.330 e. The summed E-state index contributed by atoms with van der Waals surface area (Å²) in [6, 6.07) is 1.89.